The highest BCUT2D eigenvalue weighted by molar-refractivity contribution is 6.40. The quantitative estimate of drug-likeness (QED) is 0.262. The highest BCUT2D eigenvalue weighted by Crippen LogP contribution is 2.38. The Morgan fingerprint density at radius 3 is 2.19 bits per heavy atom. The van der Waals surface area contributed by atoms with Gasteiger partial charge in [-0.15, -0.1) is 0 Å². The number of hydrogen-bond donors (Lipinski definition) is 2. The largest absolute Gasteiger partial charge is 0.493 e. The minimum Gasteiger partial charge on any atom is -0.493 e. The third kappa shape index (κ3) is 6.73. The van der Waals surface area contributed by atoms with Crippen LogP contribution >= 0.6 is 34.8 Å². The molecular weight excluding hydrogens is 533 g/mol. The van der Waals surface area contributed by atoms with E-state index in [-0.39, 0.29) is 51.3 Å². The van der Waals surface area contributed by atoms with Crippen molar-refractivity contribution in [3.8, 4) is 11.4 Å². The molecule has 2 aromatic carbocycles. The molecule has 6 nitrogen and oxygen atoms in total. The molecule has 1 heterocycles. The van der Waals surface area contributed by atoms with Crippen molar-refractivity contribution in [2.24, 2.45) is 0 Å². The number of amides is 1. The average Bonchev–Trinajstić information content (AvgIpc) is 3.17. The van der Waals surface area contributed by atoms with Gasteiger partial charge in [0.1, 0.15) is 17.3 Å². The summed E-state index contributed by atoms with van der Waals surface area (Å²) in [4.78, 5) is 25.1. The number of aromatic amines is 1. The van der Waals surface area contributed by atoms with Crippen molar-refractivity contribution in [1.29, 1.82) is 0 Å². The molecule has 0 atom stereocenters. The zero-order chi connectivity index (χ0) is 27.5. The van der Waals surface area contributed by atoms with E-state index in [0.717, 1.165) is 28.8 Å². The van der Waals surface area contributed by atoms with E-state index >= 15 is 0 Å². The molecule has 0 saturated heterocycles. The number of benzene rings is 2. The fourth-order valence-corrected chi connectivity index (χ4v) is 4.83. The summed E-state index contributed by atoms with van der Waals surface area (Å²) in [7, 11) is 0. The van der Waals surface area contributed by atoms with Crippen LogP contribution in [0.1, 0.15) is 71.9 Å². The van der Waals surface area contributed by atoms with E-state index in [1.807, 2.05) is 6.07 Å². The molecule has 0 radical (unpaired) electrons. The summed E-state index contributed by atoms with van der Waals surface area (Å²) in [5, 5.41) is 6.26. The predicted molar refractivity (Wildman–Crippen MR) is 153 cm³/mol. The maximum absolute atomic E-state index is 12.6. The molecular formula is C28H34Cl3N3O3. The predicted octanol–water partition coefficient (Wildman–Crippen LogP) is 7.91. The lowest BCUT2D eigenvalue weighted by atomic mass is 9.76. The first-order valence-electron chi connectivity index (χ1n) is 12.3. The van der Waals surface area contributed by atoms with Crippen LogP contribution in [-0.2, 0) is 15.6 Å². The van der Waals surface area contributed by atoms with E-state index in [4.69, 9.17) is 39.5 Å². The smallest absolute Gasteiger partial charge is 0.273 e. The van der Waals surface area contributed by atoms with Gasteiger partial charge in [-0.3, -0.25) is 14.7 Å². The van der Waals surface area contributed by atoms with Gasteiger partial charge in [-0.2, -0.15) is 0 Å². The van der Waals surface area contributed by atoms with E-state index in [9.17, 15) is 9.59 Å². The van der Waals surface area contributed by atoms with E-state index < -0.39 is 5.56 Å². The Balaban J connectivity index is 1.71. The van der Waals surface area contributed by atoms with Gasteiger partial charge in [-0.05, 0) is 47.4 Å². The maximum Gasteiger partial charge on any atom is 0.273 e. The Bertz CT molecular complexity index is 1320. The number of halogens is 3. The Hall–Kier alpha value is -2.41. The monoisotopic (exact) mass is 565 g/mol. The standard InChI is InChI=1S/C28H34Cl3N3O3/c1-7-27(3,4)17-9-10-22(19(13-17)28(5,6)8-2)37-12-11-24(35)32-23-16-25(36)34(33-23)26-20(30)14-18(29)15-21(26)31/h9-10,13-16,33H,7-8,11-12H2,1-6H3,(H,32,35). The van der Waals surface area contributed by atoms with Crippen molar-refractivity contribution >= 4 is 46.5 Å². The number of hydrogen-bond acceptors (Lipinski definition) is 3. The number of H-pyrrole nitrogens is 1. The van der Waals surface area contributed by atoms with Gasteiger partial charge in [-0.1, -0.05) is 88.5 Å². The number of ether oxygens (including phenoxy) is 1. The van der Waals surface area contributed by atoms with Crippen molar-refractivity contribution in [1.82, 2.24) is 9.78 Å². The van der Waals surface area contributed by atoms with Crippen LogP contribution in [0.15, 0.2) is 41.2 Å². The summed E-state index contributed by atoms with van der Waals surface area (Å²) in [5.41, 5.74) is 2.20. The minimum atomic E-state index is -0.431. The second-order valence-electron chi connectivity index (χ2n) is 10.4. The Kier molecular flexibility index (Phi) is 9.10. The SMILES string of the molecule is CCC(C)(C)c1ccc(OCCC(=O)Nc2cc(=O)n(-c3c(Cl)cc(Cl)cc3Cl)[nH]2)c(C(C)(C)CC)c1. The number of nitrogens with zero attached hydrogens (tertiary/aromatic N) is 1. The van der Waals surface area contributed by atoms with Crippen molar-refractivity contribution in [3.63, 3.8) is 0 Å². The topological polar surface area (TPSA) is 76.1 Å². The summed E-state index contributed by atoms with van der Waals surface area (Å²) >= 11 is 18.4. The molecule has 3 rings (SSSR count). The van der Waals surface area contributed by atoms with Crippen molar-refractivity contribution in [2.75, 3.05) is 11.9 Å². The Morgan fingerprint density at radius 1 is 0.973 bits per heavy atom. The number of carbonyl (C=O) groups is 1. The normalized spacial score (nSPS) is 12.0. The molecule has 0 fully saturated rings. The highest BCUT2D eigenvalue weighted by atomic mass is 35.5. The molecule has 3 aromatic rings. The van der Waals surface area contributed by atoms with Gasteiger partial charge in [0.05, 0.1) is 23.1 Å². The van der Waals surface area contributed by atoms with E-state index in [2.05, 4.69) is 64.1 Å². The Morgan fingerprint density at radius 2 is 1.59 bits per heavy atom. The Labute approximate surface area is 233 Å². The van der Waals surface area contributed by atoms with Gasteiger partial charge < -0.3 is 10.1 Å². The molecule has 200 valence electrons. The number of rotatable bonds is 10. The summed E-state index contributed by atoms with van der Waals surface area (Å²) in [6.07, 6.45) is 2.08. The van der Waals surface area contributed by atoms with Crippen LogP contribution in [0, 0.1) is 0 Å². The number of anilines is 1. The third-order valence-corrected chi connectivity index (χ3v) is 7.84. The van der Waals surface area contributed by atoms with Crippen LogP contribution in [0.25, 0.3) is 5.69 Å². The van der Waals surface area contributed by atoms with Crippen molar-refractivity contribution in [3.05, 3.63) is 72.9 Å². The van der Waals surface area contributed by atoms with Crippen molar-refractivity contribution in [2.45, 2.75) is 71.6 Å². The van der Waals surface area contributed by atoms with Gasteiger partial charge in [0.25, 0.3) is 5.56 Å². The second kappa shape index (κ2) is 11.5. The highest BCUT2D eigenvalue weighted by Gasteiger charge is 2.26. The molecule has 0 saturated carbocycles. The first kappa shape index (κ1) is 29.2. The number of aromatic nitrogens is 2. The maximum atomic E-state index is 12.6. The van der Waals surface area contributed by atoms with E-state index in [1.54, 1.807) is 0 Å². The first-order valence-corrected chi connectivity index (χ1v) is 13.5. The minimum absolute atomic E-state index is 0.0603. The molecule has 0 aliphatic rings. The molecule has 0 bridgehead atoms. The lowest BCUT2D eigenvalue weighted by Crippen LogP contribution is -2.22. The van der Waals surface area contributed by atoms with Crippen molar-refractivity contribution < 1.29 is 9.53 Å². The van der Waals surface area contributed by atoms with Gasteiger partial charge in [-0.25, -0.2) is 4.68 Å². The molecule has 0 aliphatic heterocycles. The number of carbonyl (C=O) groups excluding carboxylic acids is 1. The van der Waals surface area contributed by atoms with Crippen LogP contribution in [0.4, 0.5) is 5.82 Å². The molecule has 2 N–H and O–H groups in total. The second-order valence-corrected chi connectivity index (χ2v) is 11.6. The van der Waals surface area contributed by atoms with Crippen LogP contribution in [0.3, 0.4) is 0 Å². The van der Waals surface area contributed by atoms with Crippen LogP contribution in [0.5, 0.6) is 5.75 Å². The molecule has 37 heavy (non-hydrogen) atoms. The van der Waals surface area contributed by atoms with Gasteiger partial charge >= 0.3 is 0 Å². The summed E-state index contributed by atoms with van der Waals surface area (Å²) in [6.45, 7) is 13.4. The zero-order valence-electron chi connectivity index (χ0n) is 22.1. The van der Waals surface area contributed by atoms with E-state index in [1.165, 1.54) is 23.8 Å². The summed E-state index contributed by atoms with van der Waals surface area (Å²) in [6, 6.07) is 10.6. The van der Waals surface area contributed by atoms with Crippen LogP contribution in [0.2, 0.25) is 15.1 Å². The lowest BCUT2D eigenvalue weighted by molar-refractivity contribution is -0.116. The average molecular weight is 567 g/mol. The van der Waals surface area contributed by atoms with Gasteiger partial charge in [0.15, 0.2) is 0 Å². The van der Waals surface area contributed by atoms with Crippen LogP contribution in [-0.4, -0.2) is 22.3 Å². The zero-order valence-corrected chi connectivity index (χ0v) is 24.4. The summed E-state index contributed by atoms with van der Waals surface area (Å²) in [5.74, 6) is 0.694. The fraction of sp³-hybridized carbons (Fsp3) is 0.429. The van der Waals surface area contributed by atoms with Gasteiger partial charge in [0.2, 0.25) is 5.91 Å². The third-order valence-electron chi connectivity index (χ3n) is 7.04. The van der Waals surface area contributed by atoms with E-state index in [0.29, 0.717) is 5.02 Å². The molecule has 1 amide bonds. The number of nitrogens with one attached hydrogen (secondary N) is 2. The molecule has 9 heteroatoms. The first-order chi connectivity index (χ1) is 17.3. The fourth-order valence-electron chi connectivity index (χ4n) is 3.84. The van der Waals surface area contributed by atoms with Crippen LogP contribution < -0.4 is 15.6 Å². The summed E-state index contributed by atoms with van der Waals surface area (Å²) < 4.78 is 7.25. The lowest BCUT2D eigenvalue weighted by Gasteiger charge is -2.30. The molecule has 0 aliphatic carbocycles. The van der Waals surface area contributed by atoms with Gasteiger partial charge in [0, 0.05) is 16.7 Å². The molecule has 0 spiro atoms. The molecule has 0 unspecified atom stereocenters. The molecule has 1 aromatic heterocycles.